The first-order valence-corrected chi connectivity index (χ1v) is 9.25. The molecule has 0 spiro atoms. The topological polar surface area (TPSA) is 108 Å². The molecule has 0 amide bonds. The quantitative estimate of drug-likeness (QED) is 0.196. The van der Waals surface area contributed by atoms with Crippen LogP contribution >= 0.6 is 0 Å². The van der Waals surface area contributed by atoms with Crippen LogP contribution in [-0.4, -0.2) is 22.8 Å². The van der Waals surface area contributed by atoms with Gasteiger partial charge >= 0.3 is 11.9 Å². The first-order valence-electron chi connectivity index (χ1n) is 9.25. The lowest BCUT2D eigenvalue weighted by atomic mass is 10.1. The van der Waals surface area contributed by atoms with Crippen LogP contribution < -0.4 is 4.74 Å². The summed E-state index contributed by atoms with van der Waals surface area (Å²) in [6.07, 6.45) is 1.40. The molecule has 0 unspecified atom stereocenters. The Labute approximate surface area is 180 Å². The SMILES string of the molecule is O=C1OC(c2ccccc2F)=NC1=Cc1cccc(OC(=O)c2cccc([N+](=O)[O-])c2)c1. The van der Waals surface area contributed by atoms with Gasteiger partial charge in [0, 0.05) is 12.1 Å². The number of ether oxygens (including phenoxy) is 2. The van der Waals surface area contributed by atoms with Crippen LogP contribution in [0.15, 0.2) is 83.5 Å². The number of benzene rings is 3. The standard InChI is InChI=1S/C23H13FN2O6/c24-19-10-2-1-9-18(19)21-25-20(23(28)32-21)12-14-5-3-8-17(11-14)31-22(27)15-6-4-7-16(13-15)26(29)30/h1-13H. The fraction of sp³-hybridized carbons (Fsp3) is 0. The minimum Gasteiger partial charge on any atom is -0.423 e. The van der Waals surface area contributed by atoms with Crippen LogP contribution in [0, 0.1) is 15.9 Å². The van der Waals surface area contributed by atoms with E-state index in [9.17, 15) is 24.1 Å². The van der Waals surface area contributed by atoms with Crippen LogP contribution in [0.2, 0.25) is 0 Å². The third kappa shape index (κ3) is 4.41. The Kier molecular flexibility index (Phi) is 5.54. The molecular weight excluding hydrogens is 419 g/mol. The fourth-order valence-electron chi connectivity index (χ4n) is 2.90. The number of non-ortho nitro benzene ring substituents is 1. The van der Waals surface area contributed by atoms with Crippen molar-refractivity contribution >= 4 is 29.6 Å². The lowest BCUT2D eigenvalue weighted by Gasteiger charge is -2.05. The number of hydrogen-bond acceptors (Lipinski definition) is 7. The van der Waals surface area contributed by atoms with E-state index in [-0.39, 0.29) is 34.2 Å². The van der Waals surface area contributed by atoms with Gasteiger partial charge in [-0.1, -0.05) is 30.3 Å². The highest BCUT2D eigenvalue weighted by Crippen LogP contribution is 2.23. The van der Waals surface area contributed by atoms with Gasteiger partial charge in [-0.2, -0.15) is 0 Å². The molecule has 158 valence electrons. The van der Waals surface area contributed by atoms with Crippen molar-refractivity contribution in [3.05, 3.63) is 111 Å². The second-order valence-corrected chi connectivity index (χ2v) is 6.59. The monoisotopic (exact) mass is 432 g/mol. The van der Waals surface area contributed by atoms with Gasteiger partial charge in [0.25, 0.3) is 5.69 Å². The lowest BCUT2D eigenvalue weighted by Crippen LogP contribution is -2.09. The van der Waals surface area contributed by atoms with Crippen molar-refractivity contribution in [3.63, 3.8) is 0 Å². The molecule has 0 N–H and O–H groups in total. The smallest absolute Gasteiger partial charge is 0.363 e. The highest BCUT2D eigenvalue weighted by Gasteiger charge is 2.26. The van der Waals surface area contributed by atoms with Gasteiger partial charge in [-0.25, -0.2) is 19.0 Å². The van der Waals surface area contributed by atoms with Gasteiger partial charge in [-0.3, -0.25) is 10.1 Å². The zero-order valence-corrected chi connectivity index (χ0v) is 16.2. The second-order valence-electron chi connectivity index (χ2n) is 6.59. The van der Waals surface area contributed by atoms with Gasteiger partial charge in [0.1, 0.15) is 11.6 Å². The Bertz CT molecular complexity index is 1320. The fourth-order valence-corrected chi connectivity index (χ4v) is 2.90. The highest BCUT2D eigenvalue weighted by molar-refractivity contribution is 6.13. The molecule has 0 saturated carbocycles. The van der Waals surface area contributed by atoms with E-state index in [0.717, 1.165) is 6.07 Å². The molecule has 4 rings (SSSR count). The number of carbonyl (C=O) groups excluding carboxylic acids is 2. The van der Waals surface area contributed by atoms with E-state index in [1.165, 1.54) is 54.6 Å². The number of hydrogen-bond donors (Lipinski definition) is 0. The maximum Gasteiger partial charge on any atom is 0.363 e. The van der Waals surface area contributed by atoms with Crippen molar-refractivity contribution in [1.29, 1.82) is 0 Å². The molecule has 0 aliphatic carbocycles. The number of esters is 2. The minimum absolute atomic E-state index is 0.0152. The summed E-state index contributed by atoms with van der Waals surface area (Å²) in [7, 11) is 0. The summed E-state index contributed by atoms with van der Waals surface area (Å²) in [5.41, 5.74) is 0.261. The van der Waals surface area contributed by atoms with Crippen molar-refractivity contribution in [2.75, 3.05) is 0 Å². The summed E-state index contributed by atoms with van der Waals surface area (Å²) < 4.78 is 24.3. The Balaban J connectivity index is 1.55. The molecule has 0 atom stereocenters. The Morgan fingerprint density at radius 3 is 2.62 bits per heavy atom. The maximum atomic E-state index is 13.9. The van der Waals surface area contributed by atoms with Crippen LogP contribution in [0.25, 0.3) is 6.08 Å². The first-order chi connectivity index (χ1) is 15.4. The van der Waals surface area contributed by atoms with Gasteiger partial charge in [0.05, 0.1) is 16.1 Å². The summed E-state index contributed by atoms with van der Waals surface area (Å²) in [5.74, 6) is -2.09. The zero-order chi connectivity index (χ0) is 22.7. The molecule has 0 saturated heterocycles. The minimum atomic E-state index is -0.779. The largest absolute Gasteiger partial charge is 0.423 e. The number of halogens is 1. The second kappa shape index (κ2) is 8.60. The van der Waals surface area contributed by atoms with Gasteiger partial charge < -0.3 is 9.47 Å². The van der Waals surface area contributed by atoms with Crippen molar-refractivity contribution in [1.82, 2.24) is 0 Å². The molecule has 32 heavy (non-hydrogen) atoms. The Morgan fingerprint density at radius 1 is 1.06 bits per heavy atom. The average molecular weight is 432 g/mol. The number of nitrogens with zero attached hydrogens (tertiary/aromatic N) is 2. The van der Waals surface area contributed by atoms with Crippen LogP contribution in [-0.2, 0) is 9.53 Å². The summed E-state index contributed by atoms with van der Waals surface area (Å²) in [5, 5.41) is 10.9. The van der Waals surface area contributed by atoms with Crippen LogP contribution in [0.1, 0.15) is 21.5 Å². The molecule has 1 aliphatic heterocycles. The predicted octanol–water partition coefficient (Wildman–Crippen LogP) is 4.30. The molecule has 1 heterocycles. The van der Waals surface area contributed by atoms with E-state index >= 15 is 0 Å². The molecule has 0 bridgehead atoms. The molecule has 8 nitrogen and oxygen atoms in total. The predicted molar refractivity (Wildman–Crippen MR) is 112 cm³/mol. The number of cyclic esters (lactones) is 1. The number of rotatable bonds is 5. The average Bonchev–Trinajstić information content (AvgIpc) is 3.14. The number of nitro benzene ring substituents is 1. The van der Waals surface area contributed by atoms with Gasteiger partial charge in [0.2, 0.25) is 5.90 Å². The summed E-state index contributed by atoms with van der Waals surface area (Å²) in [6, 6.07) is 17.1. The van der Waals surface area contributed by atoms with Gasteiger partial charge in [0.15, 0.2) is 5.70 Å². The molecule has 9 heteroatoms. The number of nitro groups is 1. The van der Waals surface area contributed by atoms with E-state index < -0.39 is 22.7 Å². The van der Waals surface area contributed by atoms with Crippen LogP contribution in [0.3, 0.4) is 0 Å². The molecule has 3 aromatic carbocycles. The summed E-state index contributed by atoms with van der Waals surface area (Å²) in [6.45, 7) is 0. The van der Waals surface area contributed by atoms with E-state index in [1.54, 1.807) is 18.2 Å². The Morgan fingerprint density at radius 2 is 1.84 bits per heavy atom. The highest BCUT2D eigenvalue weighted by atomic mass is 19.1. The van der Waals surface area contributed by atoms with Crippen LogP contribution in [0.4, 0.5) is 10.1 Å². The zero-order valence-electron chi connectivity index (χ0n) is 16.2. The van der Waals surface area contributed by atoms with Gasteiger partial charge in [-0.15, -0.1) is 0 Å². The lowest BCUT2D eigenvalue weighted by molar-refractivity contribution is -0.384. The van der Waals surface area contributed by atoms with Crippen molar-refractivity contribution in [2.45, 2.75) is 0 Å². The van der Waals surface area contributed by atoms with Crippen molar-refractivity contribution < 1.29 is 28.4 Å². The number of carbonyl (C=O) groups is 2. The number of aliphatic imine (C=N–C) groups is 1. The van der Waals surface area contributed by atoms with E-state index in [0.29, 0.717) is 5.56 Å². The molecule has 3 aromatic rings. The summed E-state index contributed by atoms with van der Waals surface area (Å²) >= 11 is 0. The molecule has 0 aromatic heterocycles. The van der Waals surface area contributed by atoms with Crippen LogP contribution in [0.5, 0.6) is 5.75 Å². The normalized spacial score (nSPS) is 14.1. The van der Waals surface area contributed by atoms with E-state index in [1.807, 2.05) is 0 Å². The van der Waals surface area contributed by atoms with Gasteiger partial charge in [-0.05, 0) is 42.0 Å². The van der Waals surface area contributed by atoms with E-state index in [4.69, 9.17) is 9.47 Å². The molecule has 0 radical (unpaired) electrons. The Hall–Kier alpha value is -4.66. The summed E-state index contributed by atoms with van der Waals surface area (Å²) in [4.78, 5) is 38.8. The third-order valence-electron chi connectivity index (χ3n) is 4.39. The third-order valence-corrected chi connectivity index (χ3v) is 4.39. The first kappa shape index (κ1) is 20.6. The van der Waals surface area contributed by atoms with Crippen molar-refractivity contribution in [3.8, 4) is 5.75 Å². The van der Waals surface area contributed by atoms with Crippen molar-refractivity contribution in [2.24, 2.45) is 4.99 Å². The maximum absolute atomic E-state index is 13.9. The molecule has 1 aliphatic rings. The molecule has 0 fully saturated rings. The molecular formula is C23H13FN2O6. The van der Waals surface area contributed by atoms with E-state index in [2.05, 4.69) is 4.99 Å².